The molecule has 3 aromatic heterocycles. The van der Waals surface area contributed by atoms with Crippen molar-refractivity contribution in [1.82, 2.24) is 29.2 Å². The number of nitrogens with zero attached hydrogens (tertiary/aromatic N) is 7. The third-order valence-electron chi connectivity index (χ3n) is 8.37. The second-order valence-corrected chi connectivity index (χ2v) is 14.4. The van der Waals surface area contributed by atoms with E-state index in [0.29, 0.717) is 52.6 Å². The first-order valence-electron chi connectivity index (χ1n) is 15.5. The first-order chi connectivity index (χ1) is 22.5. The molecule has 14 heteroatoms. The van der Waals surface area contributed by atoms with E-state index in [2.05, 4.69) is 24.8 Å². The molecule has 2 aliphatic rings. The average molecular weight is 694 g/mol. The summed E-state index contributed by atoms with van der Waals surface area (Å²) in [5, 5.41) is 12.0. The highest BCUT2D eigenvalue weighted by atomic mass is 35.5. The van der Waals surface area contributed by atoms with Gasteiger partial charge in [-0.25, -0.2) is 14.8 Å². The van der Waals surface area contributed by atoms with E-state index in [0.717, 1.165) is 47.3 Å². The number of imidazole rings is 1. The molecule has 1 atom stereocenters. The summed E-state index contributed by atoms with van der Waals surface area (Å²) in [6.07, 6.45) is 6.81. The lowest BCUT2D eigenvalue weighted by Gasteiger charge is -2.37. The van der Waals surface area contributed by atoms with Gasteiger partial charge in [0.05, 0.1) is 33.3 Å². The van der Waals surface area contributed by atoms with E-state index in [1.165, 1.54) is 11.3 Å². The Morgan fingerprint density at radius 2 is 1.79 bits per heavy atom. The lowest BCUT2D eigenvalue weighted by molar-refractivity contribution is -0.118. The maximum absolute atomic E-state index is 13.7. The monoisotopic (exact) mass is 692 g/mol. The Bertz CT molecular complexity index is 1960. The quantitative estimate of drug-likeness (QED) is 0.206. The number of thiazole rings is 1. The van der Waals surface area contributed by atoms with E-state index in [4.69, 9.17) is 33.0 Å². The first kappa shape index (κ1) is 31.5. The summed E-state index contributed by atoms with van der Waals surface area (Å²) in [7, 11) is 0. The molecule has 7 rings (SSSR count). The molecule has 1 saturated heterocycles. The number of fused-ring (bicyclic) bond motifs is 2. The van der Waals surface area contributed by atoms with Gasteiger partial charge in [0.25, 0.3) is 5.91 Å². The number of carbonyl (C=O) groups is 2. The van der Waals surface area contributed by atoms with Crippen LogP contribution in [-0.4, -0.2) is 73.0 Å². The number of hydrogen-bond donors (Lipinski definition) is 1. The maximum Gasteiger partial charge on any atom is 0.410 e. The molecule has 1 fully saturated rings. The van der Waals surface area contributed by atoms with Gasteiger partial charge in [0.2, 0.25) is 0 Å². The van der Waals surface area contributed by atoms with Crippen LogP contribution >= 0.6 is 34.5 Å². The number of nitrogens with one attached hydrogen (secondary N) is 1. The number of anilines is 2. The number of amides is 2. The highest BCUT2D eigenvalue weighted by molar-refractivity contribution is 7.13. The fourth-order valence-electron chi connectivity index (χ4n) is 6.16. The molecule has 0 bridgehead atoms. The van der Waals surface area contributed by atoms with Gasteiger partial charge in [-0.2, -0.15) is 5.10 Å². The molecule has 0 spiro atoms. The maximum atomic E-state index is 13.7. The minimum absolute atomic E-state index is 0.271. The highest BCUT2D eigenvalue weighted by Gasteiger charge is 2.32. The van der Waals surface area contributed by atoms with Crippen LogP contribution in [0, 0.1) is 0 Å². The van der Waals surface area contributed by atoms with Crippen molar-refractivity contribution in [3.8, 4) is 11.1 Å². The van der Waals surface area contributed by atoms with Gasteiger partial charge in [0, 0.05) is 61.6 Å². The zero-order valence-corrected chi connectivity index (χ0v) is 28.6. The summed E-state index contributed by atoms with van der Waals surface area (Å²) < 4.78 is 9.28. The normalized spacial score (nSPS) is 15.6. The van der Waals surface area contributed by atoms with Crippen molar-refractivity contribution < 1.29 is 14.3 Å². The molecule has 1 N–H and O–H groups in total. The van der Waals surface area contributed by atoms with Crippen LogP contribution in [0.4, 0.5) is 15.6 Å². The molecule has 11 nitrogen and oxygen atoms in total. The van der Waals surface area contributed by atoms with Crippen molar-refractivity contribution in [2.24, 2.45) is 0 Å². The number of aryl methyl sites for hydroxylation is 1. The summed E-state index contributed by atoms with van der Waals surface area (Å²) in [5.41, 5.74) is 4.46. The lowest BCUT2D eigenvalue weighted by Crippen LogP contribution is -2.50. The standard InChI is InChI=1S/C33H34Cl2N8O3S/c1-33(2,3)46-32(45)41-12-10-40(11-13-41)26-7-6-20(15-24(26)35)21-16-23(34)22-18-43(39-25(22)17-21)29(30(44)38-31-36-8-14-47-31)28-27-5-4-9-42(27)19-37-28/h6-8,14-19,29H,4-5,9-13H2,1-3H3,(H,36,38,44)/t29-/m0/s1. The van der Waals surface area contributed by atoms with Crippen molar-refractivity contribution in [1.29, 1.82) is 0 Å². The molecule has 0 aliphatic carbocycles. The largest absolute Gasteiger partial charge is 0.444 e. The Morgan fingerprint density at radius 1 is 1.00 bits per heavy atom. The van der Waals surface area contributed by atoms with Crippen molar-refractivity contribution in [3.63, 3.8) is 0 Å². The Balaban J connectivity index is 1.14. The van der Waals surface area contributed by atoms with Gasteiger partial charge >= 0.3 is 6.09 Å². The van der Waals surface area contributed by atoms with Gasteiger partial charge in [-0.1, -0.05) is 29.3 Å². The summed E-state index contributed by atoms with van der Waals surface area (Å²) in [6.45, 7) is 8.86. The average Bonchev–Trinajstić information content (AvgIpc) is 3.83. The first-order valence-corrected chi connectivity index (χ1v) is 17.1. The molecule has 2 aromatic carbocycles. The Morgan fingerprint density at radius 3 is 2.51 bits per heavy atom. The van der Waals surface area contributed by atoms with Crippen LogP contribution in [-0.2, 0) is 22.5 Å². The second kappa shape index (κ2) is 12.5. The summed E-state index contributed by atoms with van der Waals surface area (Å²) in [5.74, 6) is -0.271. The minimum atomic E-state index is -0.801. The van der Waals surface area contributed by atoms with Crippen molar-refractivity contribution in [2.45, 2.75) is 51.8 Å². The molecular weight excluding hydrogens is 659 g/mol. The molecule has 0 radical (unpaired) electrons. The number of aromatic nitrogens is 5. The van der Waals surface area contributed by atoms with E-state index in [-0.39, 0.29) is 12.0 Å². The number of halogens is 2. The summed E-state index contributed by atoms with van der Waals surface area (Å²) in [4.78, 5) is 39.0. The molecule has 5 heterocycles. The van der Waals surface area contributed by atoms with Crippen molar-refractivity contribution in [2.75, 3.05) is 36.4 Å². The van der Waals surface area contributed by atoms with Gasteiger partial charge in [-0.05, 0) is 69.0 Å². The number of benzene rings is 2. The van der Waals surface area contributed by atoms with Gasteiger partial charge in [-0.15, -0.1) is 11.3 Å². The number of hydrogen-bond acceptors (Lipinski definition) is 8. The third-order valence-corrected chi connectivity index (χ3v) is 9.67. The SMILES string of the molecule is CC(C)(C)OC(=O)N1CCN(c2ccc(-c3cc(Cl)c4cn([C@H](C(=O)Nc5nccs5)c5ncn6c5CCC6)nc4c3)cc2Cl)CC1. The number of piperazine rings is 1. The van der Waals surface area contributed by atoms with Crippen LogP contribution in [0.5, 0.6) is 0 Å². The summed E-state index contributed by atoms with van der Waals surface area (Å²) >= 11 is 15.0. The van der Waals surface area contributed by atoms with E-state index in [1.807, 2.05) is 56.5 Å². The van der Waals surface area contributed by atoms with Crippen LogP contribution in [0.3, 0.4) is 0 Å². The van der Waals surface area contributed by atoms with Crippen LogP contribution in [0.2, 0.25) is 10.0 Å². The van der Waals surface area contributed by atoms with E-state index in [9.17, 15) is 9.59 Å². The topological polar surface area (TPSA) is 110 Å². The van der Waals surface area contributed by atoms with E-state index < -0.39 is 11.6 Å². The second-order valence-electron chi connectivity index (χ2n) is 12.7. The zero-order valence-electron chi connectivity index (χ0n) is 26.2. The van der Waals surface area contributed by atoms with Crippen LogP contribution in [0.15, 0.2) is 54.4 Å². The van der Waals surface area contributed by atoms with E-state index >= 15 is 0 Å². The molecule has 0 saturated carbocycles. The van der Waals surface area contributed by atoms with Crippen LogP contribution < -0.4 is 10.2 Å². The molecule has 0 unspecified atom stereocenters. The highest BCUT2D eigenvalue weighted by Crippen LogP contribution is 2.36. The molecule has 2 aliphatic heterocycles. The van der Waals surface area contributed by atoms with Gasteiger partial charge < -0.3 is 19.1 Å². The lowest BCUT2D eigenvalue weighted by atomic mass is 10.0. The third kappa shape index (κ3) is 6.41. The van der Waals surface area contributed by atoms with Crippen molar-refractivity contribution >= 4 is 68.3 Å². The molecule has 5 aromatic rings. The van der Waals surface area contributed by atoms with Gasteiger partial charge in [-0.3, -0.25) is 14.8 Å². The molecule has 47 heavy (non-hydrogen) atoms. The predicted molar refractivity (Wildman–Crippen MR) is 185 cm³/mol. The Hall–Kier alpha value is -4.13. The molecule has 244 valence electrons. The van der Waals surface area contributed by atoms with Crippen molar-refractivity contribution in [3.05, 3.63) is 75.9 Å². The Kier molecular flexibility index (Phi) is 8.35. The number of ether oxygens (including phenoxy) is 1. The van der Waals surface area contributed by atoms with Gasteiger partial charge in [0.1, 0.15) is 5.60 Å². The fourth-order valence-corrected chi connectivity index (χ4v) is 7.25. The van der Waals surface area contributed by atoms with Gasteiger partial charge in [0.15, 0.2) is 11.2 Å². The smallest absolute Gasteiger partial charge is 0.410 e. The van der Waals surface area contributed by atoms with Crippen LogP contribution in [0.25, 0.3) is 22.0 Å². The zero-order chi connectivity index (χ0) is 32.9. The fraction of sp³-hybridized carbons (Fsp3) is 0.364. The Labute approximate surface area is 286 Å². The predicted octanol–water partition coefficient (Wildman–Crippen LogP) is 6.89. The minimum Gasteiger partial charge on any atom is -0.444 e. The number of rotatable bonds is 6. The van der Waals surface area contributed by atoms with E-state index in [1.54, 1.807) is 28.3 Å². The van der Waals surface area contributed by atoms with Crippen LogP contribution in [0.1, 0.15) is 44.6 Å². The molecule has 2 amide bonds. The summed E-state index contributed by atoms with van der Waals surface area (Å²) in [6, 6.07) is 8.97. The molecular formula is C33H34Cl2N8O3S. The number of carbonyl (C=O) groups excluding carboxylic acids is 2.